The second-order valence-corrected chi connectivity index (χ2v) is 9.79. The largest absolute Gasteiger partial charge is 0.497 e. The van der Waals surface area contributed by atoms with Crippen molar-refractivity contribution < 1.29 is 4.74 Å². The van der Waals surface area contributed by atoms with E-state index >= 15 is 0 Å². The van der Waals surface area contributed by atoms with Crippen molar-refractivity contribution in [3.63, 3.8) is 0 Å². The van der Waals surface area contributed by atoms with Crippen molar-refractivity contribution in [3.05, 3.63) is 71.3 Å². The highest BCUT2D eigenvalue weighted by Gasteiger charge is 2.24. The normalized spacial score (nSPS) is 17.1. The summed E-state index contributed by atoms with van der Waals surface area (Å²) in [4.78, 5) is 14.4. The summed E-state index contributed by atoms with van der Waals surface area (Å²) < 4.78 is 5.23. The fourth-order valence-electron chi connectivity index (χ4n) is 4.77. The van der Waals surface area contributed by atoms with Crippen LogP contribution in [0.4, 0.5) is 17.6 Å². The highest BCUT2D eigenvalue weighted by atomic mass is 32.1. The van der Waals surface area contributed by atoms with Crippen molar-refractivity contribution in [2.24, 2.45) is 5.92 Å². The first-order valence-electron chi connectivity index (χ1n) is 12.2. The number of nitrogens with zero attached hydrogens (tertiary/aromatic N) is 4. The van der Waals surface area contributed by atoms with Gasteiger partial charge in [-0.05, 0) is 59.8 Å². The minimum Gasteiger partial charge on any atom is -0.497 e. The third-order valence-corrected chi connectivity index (χ3v) is 6.93. The van der Waals surface area contributed by atoms with Crippen molar-refractivity contribution in [1.29, 1.82) is 0 Å². The van der Waals surface area contributed by atoms with E-state index in [0.29, 0.717) is 23.5 Å². The molecule has 0 radical (unpaired) electrons. The number of hydrogen-bond donors (Lipinski definition) is 2. The molecule has 5 rings (SSSR count). The Kier molecular flexibility index (Phi) is 6.99. The predicted octanol–water partition coefficient (Wildman–Crippen LogP) is 4.73. The zero-order valence-corrected chi connectivity index (χ0v) is 21.1. The van der Waals surface area contributed by atoms with E-state index in [9.17, 15) is 0 Å². The van der Waals surface area contributed by atoms with Crippen LogP contribution in [0.2, 0.25) is 0 Å². The molecule has 0 saturated carbocycles. The Morgan fingerprint density at radius 3 is 2.37 bits per heavy atom. The van der Waals surface area contributed by atoms with E-state index in [1.165, 1.54) is 24.0 Å². The summed E-state index contributed by atoms with van der Waals surface area (Å²) in [6.07, 6.45) is 2.45. The van der Waals surface area contributed by atoms with Crippen LogP contribution in [-0.4, -0.2) is 35.3 Å². The average Bonchev–Trinajstić information content (AvgIpc) is 3.32. The molecule has 3 heterocycles. The number of methoxy groups -OCH3 is 1. The maximum atomic E-state index is 5.58. The van der Waals surface area contributed by atoms with Gasteiger partial charge in [0.25, 0.3) is 0 Å². The molecule has 2 aliphatic heterocycles. The highest BCUT2D eigenvalue weighted by Crippen LogP contribution is 2.31. The van der Waals surface area contributed by atoms with Gasteiger partial charge in [-0.15, -0.1) is 0 Å². The van der Waals surface area contributed by atoms with E-state index in [2.05, 4.69) is 57.7 Å². The minimum absolute atomic E-state index is 0.501. The lowest BCUT2D eigenvalue weighted by Crippen LogP contribution is -2.35. The highest BCUT2D eigenvalue weighted by molar-refractivity contribution is 7.80. The van der Waals surface area contributed by atoms with Gasteiger partial charge in [-0.25, -0.2) is 0 Å². The molecule has 1 fully saturated rings. The van der Waals surface area contributed by atoms with Crippen LogP contribution in [0.15, 0.2) is 54.6 Å². The summed E-state index contributed by atoms with van der Waals surface area (Å²) in [6, 6.07) is 18.6. The van der Waals surface area contributed by atoms with Gasteiger partial charge in [-0.2, -0.15) is 9.97 Å². The van der Waals surface area contributed by atoms with Crippen molar-refractivity contribution in [2.75, 3.05) is 35.3 Å². The van der Waals surface area contributed by atoms with E-state index in [1.807, 2.05) is 24.3 Å². The van der Waals surface area contributed by atoms with Gasteiger partial charge in [0.15, 0.2) is 5.11 Å². The number of nitrogens with one attached hydrogen (secondary N) is 2. The van der Waals surface area contributed by atoms with Gasteiger partial charge in [0.1, 0.15) is 17.4 Å². The molecule has 0 bridgehead atoms. The number of rotatable bonds is 6. The van der Waals surface area contributed by atoms with Gasteiger partial charge in [0.2, 0.25) is 5.95 Å². The quantitative estimate of drug-likeness (QED) is 0.483. The number of anilines is 3. The van der Waals surface area contributed by atoms with Crippen LogP contribution in [0.5, 0.6) is 5.75 Å². The summed E-state index contributed by atoms with van der Waals surface area (Å²) in [6.45, 7) is 6.64. The van der Waals surface area contributed by atoms with Crippen molar-refractivity contribution in [3.8, 4) is 5.75 Å². The standard InChI is InChI=1S/C27H32N6OS/c1-19-6-5-13-32(16-19)24-14-25(33-17-21-7-3-4-8-22(21)18-33)30-26(29-24)31-27(35)28-15-20-9-11-23(34-2)12-10-20/h3-4,7-12,14,19H,5-6,13,15-18H2,1-2H3,(H2,28,29,30,31,35). The van der Waals surface area contributed by atoms with Crippen LogP contribution in [0.1, 0.15) is 36.5 Å². The van der Waals surface area contributed by atoms with Crippen molar-refractivity contribution >= 4 is 34.9 Å². The molecule has 35 heavy (non-hydrogen) atoms. The summed E-state index contributed by atoms with van der Waals surface area (Å²) in [7, 11) is 1.67. The molecule has 3 aromatic rings. The molecule has 7 nitrogen and oxygen atoms in total. The molecule has 1 unspecified atom stereocenters. The van der Waals surface area contributed by atoms with Crippen LogP contribution in [0.25, 0.3) is 0 Å². The first-order valence-corrected chi connectivity index (χ1v) is 12.6. The Labute approximate surface area is 212 Å². The van der Waals surface area contributed by atoms with Gasteiger partial charge in [0, 0.05) is 38.8 Å². The third kappa shape index (κ3) is 5.65. The SMILES string of the molecule is COc1ccc(CNC(=S)Nc2nc(N3Cc4ccccc4C3)cc(N3CCCC(C)C3)n2)cc1. The Balaban J connectivity index is 1.33. The molecule has 0 amide bonds. The second-order valence-electron chi connectivity index (χ2n) is 9.38. The molecule has 0 spiro atoms. The van der Waals surface area contributed by atoms with E-state index in [4.69, 9.17) is 26.9 Å². The topological polar surface area (TPSA) is 65.6 Å². The molecule has 0 aliphatic carbocycles. The third-order valence-electron chi connectivity index (χ3n) is 6.68. The van der Waals surface area contributed by atoms with E-state index in [-0.39, 0.29) is 0 Å². The zero-order chi connectivity index (χ0) is 24.2. The number of piperidine rings is 1. The lowest BCUT2D eigenvalue weighted by atomic mass is 10.0. The van der Waals surface area contributed by atoms with Gasteiger partial charge in [-0.1, -0.05) is 43.3 Å². The molecule has 1 aromatic heterocycles. The van der Waals surface area contributed by atoms with Gasteiger partial charge < -0.3 is 25.2 Å². The monoisotopic (exact) mass is 488 g/mol. The van der Waals surface area contributed by atoms with E-state index in [0.717, 1.165) is 49.1 Å². The maximum Gasteiger partial charge on any atom is 0.232 e. The molecule has 2 aromatic carbocycles. The Hall–Kier alpha value is -3.39. The number of thiocarbonyl (C=S) groups is 1. The molecule has 1 saturated heterocycles. The number of ether oxygens (including phenoxy) is 1. The van der Waals surface area contributed by atoms with Crippen LogP contribution in [0.3, 0.4) is 0 Å². The van der Waals surface area contributed by atoms with Crippen molar-refractivity contribution in [1.82, 2.24) is 15.3 Å². The summed E-state index contributed by atoms with van der Waals surface area (Å²) in [5, 5.41) is 7.00. The number of fused-ring (bicyclic) bond motifs is 1. The van der Waals surface area contributed by atoms with Crippen LogP contribution in [0, 0.1) is 5.92 Å². The van der Waals surface area contributed by atoms with E-state index < -0.39 is 0 Å². The number of hydrogen-bond acceptors (Lipinski definition) is 6. The Morgan fingerprint density at radius 2 is 1.71 bits per heavy atom. The lowest BCUT2D eigenvalue weighted by molar-refractivity contribution is 0.414. The van der Waals surface area contributed by atoms with E-state index in [1.54, 1.807) is 7.11 Å². The summed E-state index contributed by atoms with van der Waals surface area (Å²) >= 11 is 5.58. The molecule has 8 heteroatoms. The predicted molar refractivity (Wildman–Crippen MR) is 145 cm³/mol. The average molecular weight is 489 g/mol. The second kappa shape index (κ2) is 10.5. The molecular formula is C27H32N6OS. The van der Waals surface area contributed by atoms with Crippen LogP contribution in [-0.2, 0) is 19.6 Å². The van der Waals surface area contributed by atoms with Gasteiger partial charge >= 0.3 is 0 Å². The summed E-state index contributed by atoms with van der Waals surface area (Å²) in [5.41, 5.74) is 3.82. The fourth-order valence-corrected chi connectivity index (χ4v) is 4.93. The Bertz CT molecular complexity index is 1160. The summed E-state index contributed by atoms with van der Waals surface area (Å²) in [5.74, 6) is 3.90. The fraction of sp³-hybridized carbons (Fsp3) is 0.370. The molecule has 2 N–H and O–H groups in total. The zero-order valence-electron chi connectivity index (χ0n) is 20.3. The van der Waals surface area contributed by atoms with Crippen LogP contribution < -0.4 is 25.2 Å². The first kappa shape index (κ1) is 23.4. The first-order chi connectivity index (χ1) is 17.1. The van der Waals surface area contributed by atoms with Crippen molar-refractivity contribution in [2.45, 2.75) is 39.4 Å². The van der Waals surface area contributed by atoms with Gasteiger partial charge in [-0.3, -0.25) is 0 Å². The smallest absolute Gasteiger partial charge is 0.232 e. The lowest BCUT2D eigenvalue weighted by Gasteiger charge is -2.32. The minimum atomic E-state index is 0.501. The van der Waals surface area contributed by atoms with Gasteiger partial charge in [0.05, 0.1) is 7.11 Å². The Morgan fingerprint density at radius 1 is 1.03 bits per heavy atom. The number of aromatic nitrogens is 2. The molecule has 2 aliphatic rings. The molecule has 1 atom stereocenters. The maximum absolute atomic E-state index is 5.58. The number of benzene rings is 2. The molecular weight excluding hydrogens is 456 g/mol. The van der Waals surface area contributed by atoms with Crippen LogP contribution >= 0.6 is 12.2 Å². The molecule has 182 valence electrons.